The van der Waals surface area contributed by atoms with Gasteiger partial charge in [0.05, 0.1) is 12.8 Å². The average molecular weight is 321 g/mol. The van der Waals surface area contributed by atoms with Crippen LogP contribution in [0.15, 0.2) is 40.9 Å². The normalized spacial score (nSPS) is 12.0. The van der Waals surface area contributed by atoms with Gasteiger partial charge in [-0.05, 0) is 59.6 Å². The minimum Gasteiger partial charge on any atom is -0.497 e. The zero-order valence-electron chi connectivity index (χ0n) is 11.3. The maximum Gasteiger partial charge on any atom is 0.126 e. The molecule has 0 aliphatic rings. The van der Waals surface area contributed by atoms with Gasteiger partial charge in [-0.1, -0.05) is 12.1 Å². The van der Waals surface area contributed by atoms with Crippen LogP contribution in [0, 0.1) is 6.92 Å². The summed E-state index contributed by atoms with van der Waals surface area (Å²) in [4.78, 5) is 4.49. The number of anilines is 1. The molecule has 0 bridgehead atoms. The second-order valence-electron chi connectivity index (χ2n) is 4.40. The van der Waals surface area contributed by atoms with E-state index in [1.54, 1.807) is 7.11 Å². The topological polar surface area (TPSA) is 34.1 Å². The van der Waals surface area contributed by atoms with E-state index in [0.717, 1.165) is 21.7 Å². The van der Waals surface area contributed by atoms with Crippen molar-refractivity contribution < 1.29 is 4.74 Å². The first-order chi connectivity index (χ1) is 9.10. The van der Waals surface area contributed by atoms with Crippen LogP contribution in [0.1, 0.15) is 24.2 Å². The van der Waals surface area contributed by atoms with Gasteiger partial charge in [0, 0.05) is 10.5 Å². The fourth-order valence-corrected chi connectivity index (χ4v) is 2.04. The number of halogens is 1. The quantitative estimate of drug-likeness (QED) is 0.910. The summed E-state index contributed by atoms with van der Waals surface area (Å²) < 4.78 is 6.18. The molecule has 3 nitrogen and oxygen atoms in total. The summed E-state index contributed by atoms with van der Waals surface area (Å²) in [5, 5.41) is 3.39. The van der Waals surface area contributed by atoms with Crippen LogP contribution in [0.2, 0.25) is 0 Å². The van der Waals surface area contributed by atoms with Crippen LogP contribution in [0.3, 0.4) is 0 Å². The maximum absolute atomic E-state index is 5.16. The summed E-state index contributed by atoms with van der Waals surface area (Å²) in [6.07, 6.45) is 0. The molecule has 1 N–H and O–H groups in total. The Bertz CT molecular complexity index is 555. The second kappa shape index (κ2) is 6.06. The fraction of sp³-hybridized carbons (Fsp3) is 0.267. The van der Waals surface area contributed by atoms with Gasteiger partial charge >= 0.3 is 0 Å². The van der Waals surface area contributed by atoms with Gasteiger partial charge in [0.1, 0.15) is 11.6 Å². The summed E-state index contributed by atoms with van der Waals surface area (Å²) in [5.41, 5.74) is 2.18. The summed E-state index contributed by atoms with van der Waals surface area (Å²) in [7, 11) is 1.67. The molecule has 1 heterocycles. The molecular weight excluding hydrogens is 304 g/mol. The zero-order valence-corrected chi connectivity index (χ0v) is 12.9. The van der Waals surface area contributed by atoms with Crippen molar-refractivity contribution in [3.63, 3.8) is 0 Å². The molecule has 0 saturated carbocycles. The molecule has 1 atom stereocenters. The lowest BCUT2D eigenvalue weighted by atomic mass is 10.1. The molecule has 1 unspecified atom stereocenters. The predicted octanol–water partition coefficient (Wildman–Crippen LogP) is 4.33. The first-order valence-electron chi connectivity index (χ1n) is 6.14. The molecular formula is C15H17BrN2O. The van der Waals surface area contributed by atoms with Crippen molar-refractivity contribution in [2.45, 2.75) is 19.9 Å². The molecule has 1 aromatic heterocycles. The summed E-state index contributed by atoms with van der Waals surface area (Å²) in [5.74, 6) is 1.75. The third-order valence-corrected chi connectivity index (χ3v) is 3.84. The minimum atomic E-state index is 0.194. The molecule has 2 rings (SSSR count). The van der Waals surface area contributed by atoms with Crippen LogP contribution in [-0.4, -0.2) is 12.1 Å². The highest BCUT2D eigenvalue weighted by atomic mass is 79.9. The molecule has 4 heteroatoms. The third kappa shape index (κ3) is 3.47. The van der Waals surface area contributed by atoms with Crippen LogP contribution in [0.4, 0.5) is 5.82 Å². The number of aryl methyl sites for hydroxylation is 1. The predicted molar refractivity (Wildman–Crippen MR) is 81.7 cm³/mol. The number of aromatic nitrogens is 1. The van der Waals surface area contributed by atoms with Crippen molar-refractivity contribution in [2.24, 2.45) is 0 Å². The molecule has 100 valence electrons. The van der Waals surface area contributed by atoms with Crippen molar-refractivity contribution in [1.29, 1.82) is 0 Å². The van der Waals surface area contributed by atoms with E-state index in [4.69, 9.17) is 4.74 Å². The highest BCUT2D eigenvalue weighted by Gasteiger charge is 2.07. The third-order valence-electron chi connectivity index (χ3n) is 3.00. The Hall–Kier alpha value is -1.55. The van der Waals surface area contributed by atoms with E-state index in [2.05, 4.69) is 45.3 Å². The van der Waals surface area contributed by atoms with Gasteiger partial charge in [-0.25, -0.2) is 4.98 Å². The SMILES string of the molecule is COc1ccc(C(C)Nc2ccc(Br)c(C)n2)cc1. The number of hydrogen-bond acceptors (Lipinski definition) is 3. The first-order valence-corrected chi connectivity index (χ1v) is 6.93. The summed E-state index contributed by atoms with van der Waals surface area (Å²) >= 11 is 3.45. The Morgan fingerprint density at radius 3 is 2.42 bits per heavy atom. The number of methoxy groups -OCH3 is 1. The molecule has 0 aliphatic heterocycles. The van der Waals surface area contributed by atoms with E-state index >= 15 is 0 Å². The van der Waals surface area contributed by atoms with Crippen molar-refractivity contribution in [3.05, 3.63) is 52.1 Å². The van der Waals surface area contributed by atoms with E-state index in [-0.39, 0.29) is 6.04 Å². The highest BCUT2D eigenvalue weighted by Crippen LogP contribution is 2.22. The van der Waals surface area contributed by atoms with Crippen molar-refractivity contribution in [1.82, 2.24) is 4.98 Å². The van der Waals surface area contributed by atoms with E-state index in [1.807, 2.05) is 31.2 Å². The molecule has 0 fully saturated rings. The lowest BCUT2D eigenvalue weighted by Gasteiger charge is -2.16. The lowest BCUT2D eigenvalue weighted by molar-refractivity contribution is 0.414. The van der Waals surface area contributed by atoms with Gasteiger partial charge in [-0.15, -0.1) is 0 Å². The van der Waals surface area contributed by atoms with Crippen LogP contribution in [0.25, 0.3) is 0 Å². The zero-order chi connectivity index (χ0) is 13.8. The number of benzene rings is 1. The van der Waals surface area contributed by atoms with Crippen molar-refractivity contribution in [3.8, 4) is 5.75 Å². The van der Waals surface area contributed by atoms with Gasteiger partial charge < -0.3 is 10.1 Å². The molecule has 0 spiro atoms. The summed E-state index contributed by atoms with van der Waals surface area (Å²) in [6, 6.07) is 12.2. The minimum absolute atomic E-state index is 0.194. The standard InChI is InChI=1S/C15H17BrN2O/c1-10(12-4-6-13(19-3)7-5-12)17-15-9-8-14(16)11(2)18-15/h4-10H,1-3H3,(H,17,18). The number of ether oxygens (including phenoxy) is 1. The number of hydrogen-bond donors (Lipinski definition) is 1. The second-order valence-corrected chi connectivity index (χ2v) is 5.26. The monoisotopic (exact) mass is 320 g/mol. The van der Waals surface area contributed by atoms with Gasteiger partial charge in [-0.3, -0.25) is 0 Å². The molecule has 2 aromatic rings. The molecule has 1 aromatic carbocycles. The van der Waals surface area contributed by atoms with Gasteiger partial charge in [0.15, 0.2) is 0 Å². The van der Waals surface area contributed by atoms with E-state index < -0.39 is 0 Å². The van der Waals surface area contributed by atoms with Crippen LogP contribution >= 0.6 is 15.9 Å². The largest absolute Gasteiger partial charge is 0.497 e. The molecule has 0 radical (unpaired) electrons. The van der Waals surface area contributed by atoms with Crippen LogP contribution in [0.5, 0.6) is 5.75 Å². The Morgan fingerprint density at radius 2 is 1.84 bits per heavy atom. The smallest absolute Gasteiger partial charge is 0.126 e. The van der Waals surface area contributed by atoms with Gasteiger partial charge in [0.2, 0.25) is 0 Å². The van der Waals surface area contributed by atoms with Crippen molar-refractivity contribution >= 4 is 21.7 Å². The van der Waals surface area contributed by atoms with Crippen LogP contribution in [-0.2, 0) is 0 Å². The lowest BCUT2D eigenvalue weighted by Crippen LogP contribution is -2.08. The number of rotatable bonds is 4. The number of nitrogens with one attached hydrogen (secondary N) is 1. The average Bonchev–Trinajstić information content (AvgIpc) is 2.43. The van der Waals surface area contributed by atoms with E-state index in [0.29, 0.717) is 0 Å². The molecule has 0 aliphatic carbocycles. The van der Waals surface area contributed by atoms with E-state index in [9.17, 15) is 0 Å². The summed E-state index contributed by atoms with van der Waals surface area (Å²) in [6.45, 7) is 4.09. The Kier molecular flexibility index (Phi) is 4.43. The van der Waals surface area contributed by atoms with Crippen molar-refractivity contribution in [2.75, 3.05) is 12.4 Å². The Morgan fingerprint density at radius 1 is 1.16 bits per heavy atom. The molecule has 0 saturated heterocycles. The fourth-order valence-electron chi connectivity index (χ4n) is 1.82. The molecule has 19 heavy (non-hydrogen) atoms. The van der Waals surface area contributed by atoms with Crippen LogP contribution < -0.4 is 10.1 Å². The highest BCUT2D eigenvalue weighted by molar-refractivity contribution is 9.10. The number of pyridine rings is 1. The van der Waals surface area contributed by atoms with Gasteiger partial charge in [0.25, 0.3) is 0 Å². The van der Waals surface area contributed by atoms with E-state index in [1.165, 1.54) is 5.56 Å². The number of nitrogens with zero attached hydrogens (tertiary/aromatic N) is 1. The Labute approximate surface area is 122 Å². The maximum atomic E-state index is 5.16. The Balaban J connectivity index is 2.10. The first kappa shape index (κ1) is 13.9. The van der Waals surface area contributed by atoms with Gasteiger partial charge in [-0.2, -0.15) is 0 Å². The molecule has 0 amide bonds.